The largest absolute Gasteiger partial charge is 0.506 e. The molecule has 2 aromatic carbocycles. The van der Waals surface area contributed by atoms with Crippen LogP contribution in [0.1, 0.15) is 35.1 Å². The van der Waals surface area contributed by atoms with Gasteiger partial charge in [-0.3, -0.25) is 24.7 Å². The van der Waals surface area contributed by atoms with Gasteiger partial charge >= 0.3 is 0 Å². The van der Waals surface area contributed by atoms with E-state index in [9.17, 15) is 23.6 Å². The minimum absolute atomic E-state index is 0.142. The number of phenolic OH excluding ortho intramolecular Hbond substituents is 1. The lowest BCUT2D eigenvalue weighted by Crippen LogP contribution is -2.48. The zero-order valence-corrected chi connectivity index (χ0v) is 20.9. The molecule has 0 aliphatic carbocycles. The number of likely N-dealkylation sites (tertiary alicyclic amines) is 1. The van der Waals surface area contributed by atoms with Crippen molar-refractivity contribution in [2.45, 2.75) is 31.0 Å². The van der Waals surface area contributed by atoms with Gasteiger partial charge in [0.25, 0.3) is 10.2 Å². The molecule has 1 aliphatic heterocycles. The highest BCUT2D eigenvalue weighted by atomic mass is 79.9. The average molecular weight is 562 g/mol. The number of nitrogens with one attached hydrogen (secondary N) is 1. The minimum Gasteiger partial charge on any atom is -0.506 e. The maximum Gasteiger partial charge on any atom is 0.296 e. The lowest BCUT2D eigenvalue weighted by atomic mass is 9.78. The van der Waals surface area contributed by atoms with Crippen LogP contribution in [0.25, 0.3) is 0 Å². The van der Waals surface area contributed by atoms with Crippen LogP contribution in [0.2, 0.25) is 0 Å². The Morgan fingerprint density at radius 3 is 2.66 bits per heavy atom. The molecule has 1 aromatic heterocycles. The first-order valence-electron chi connectivity index (χ1n) is 10.8. The summed E-state index contributed by atoms with van der Waals surface area (Å²) < 4.78 is 26.1. The molecule has 12 heteroatoms. The fourth-order valence-corrected chi connectivity index (χ4v) is 5.76. The van der Waals surface area contributed by atoms with E-state index in [-0.39, 0.29) is 16.4 Å². The van der Waals surface area contributed by atoms with E-state index >= 15 is 0 Å². The van der Waals surface area contributed by atoms with Gasteiger partial charge in [0.1, 0.15) is 11.8 Å². The summed E-state index contributed by atoms with van der Waals surface area (Å²) in [6.07, 6.45) is 3.92. The lowest BCUT2D eigenvalue weighted by molar-refractivity contribution is -0.540. The molecule has 2 heterocycles. The number of nitrogens with two attached hydrogens (primary N) is 1. The van der Waals surface area contributed by atoms with Crippen LogP contribution in [0.5, 0.6) is 5.75 Å². The van der Waals surface area contributed by atoms with E-state index < -0.39 is 28.2 Å². The first-order valence-corrected chi connectivity index (χ1v) is 13.1. The normalized spacial score (nSPS) is 20.9. The highest BCUT2D eigenvalue weighted by molar-refractivity contribution is 9.10. The molecule has 1 aliphatic rings. The Kier molecular flexibility index (Phi) is 7.36. The Labute approximate surface area is 211 Å². The number of aromatic nitrogens is 1. The summed E-state index contributed by atoms with van der Waals surface area (Å²) in [6, 6.07) is 13.7. The van der Waals surface area contributed by atoms with Crippen molar-refractivity contribution in [3.8, 4) is 5.75 Å². The highest BCUT2D eigenvalue weighted by Crippen LogP contribution is 2.44. The zero-order valence-electron chi connectivity index (χ0n) is 18.5. The molecule has 4 rings (SSSR count). The lowest BCUT2D eigenvalue weighted by Gasteiger charge is -2.41. The van der Waals surface area contributed by atoms with Gasteiger partial charge in [-0.05, 0) is 47.4 Å². The summed E-state index contributed by atoms with van der Waals surface area (Å²) >= 11 is 3.54. The Morgan fingerprint density at radius 1 is 1.23 bits per heavy atom. The molecule has 0 saturated carbocycles. The third-order valence-electron chi connectivity index (χ3n) is 6.13. The van der Waals surface area contributed by atoms with Crippen LogP contribution < -0.4 is 9.86 Å². The molecular formula is C23H24BrN5O5S. The molecule has 0 radical (unpaired) electrons. The Balaban J connectivity index is 1.83. The van der Waals surface area contributed by atoms with Gasteiger partial charge in [-0.15, -0.1) is 0 Å². The summed E-state index contributed by atoms with van der Waals surface area (Å²) in [5.74, 6) is -0.739. The third-order valence-corrected chi connectivity index (χ3v) is 7.35. The van der Waals surface area contributed by atoms with Crippen LogP contribution in [0.4, 0.5) is 5.69 Å². The van der Waals surface area contributed by atoms with Crippen molar-refractivity contribution in [1.29, 1.82) is 0 Å². The molecule has 0 spiro atoms. The van der Waals surface area contributed by atoms with Crippen molar-refractivity contribution in [3.05, 3.63) is 98.3 Å². The highest BCUT2D eigenvalue weighted by Gasteiger charge is 2.48. The van der Waals surface area contributed by atoms with Crippen LogP contribution >= 0.6 is 15.9 Å². The fraction of sp³-hybridized carbons (Fsp3) is 0.261. The molecule has 3 atom stereocenters. The number of anilines is 1. The Bertz CT molecular complexity index is 1320. The zero-order chi connectivity index (χ0) is 25.2. The van der Waals surface area contributed by atoms with Crippen molar-refractivity contribution in [2.24, 2.45) is 5.14 Å². The summed E-state index contributed by atoms with van der Waals surface area (Å²) in [6.45, 7) is 0.957. The number of hydrogen-bond acceptors (Lipinski definition) is 7. The second-order valence-electron chi connectivity index (χ2n) is 8.39. The van der Waals surface area contributed by atoms with Crippen molar-refractivity contribution in [1.82, 2.24) is 9.88 Å². The number of benzene rings is 2. The van der Waals surface area contributed by atoms with E-state index in [1.807, 2.05) is 35.2 Å². The monoisotopic (exact) mass is 561 g/mol. The minimum atomic E-state index is -4.17. The van der Waals surface area contributed by atoms with Gasteiger partial charge in [0.05, 0.1) is 11.6 Å². The van der Waals surface area contributed by atoms with E-state index in [0.29, 0.717) is 25.1 Å². The number of aromatic hydroxyl groups is 1. The fourth-order valence-electron chi connectivity index (χ4n) is 4.71. The smallest absolute Gasteiger partial charge is 0.296 e. The van der Waals surface area contributed by atoms with E-state index in [2.05, 4.69) is 25.6 Å². The number of rotatable bonds is 7. The first-order chi connectivity index (χ1) is 16.6. The summed E-state index contributed by atoms with van der Waals surface area (Å²) in [7, 11) is -4.17. The predicted molar refractivity (Wildman–Crippen MR) is 135 cm³/mol. The van der Waals surface area contributed by atoms with Crippen molar-refractivity contribution >= 4 is 31.8 Å². The van der Waals surface area contributed by atoms with E-state index in [0.717, 1.165) is 15.6 Å². The number of piperidine rings is 1. The number of pyridine rings is 1. The topological polar surface area (TPSA) is 152 Å². The van der Waals surface area contributed by atoms with Gasteiger partial charge < -0.3 is 5.11 Å². The molecule has 3 aromatic rings. The summed E-state index contributed by atoms with van der Waals surface area (Å²) in [4.78, 5) is 18.5. The second kappa shape index (κ2) is 10.3. The molecule has 10 nitrogen and oxygen atoms in total. The van der Waals surface area contributed by atoms with Gasteiger partial charge in [-0.1, -0.05) is 46.3 Å². The number of nitro groups is 1. The van der Waals surface area contributed by atoms with Crippen LogP contribution in [0, 0.1) is 10.1 Å². The SMILES string of the molecule is NS(=O)(=O)Nc1cc([C@H]2[C@H]([N+](=O)[O-])[C@@H](c3ccccc3Br)CCN2Cc2cccnc2)ccc1O. The maximum atomic E-state index is 12.6. The summed E-state index contributed by atoms with van der Waals surface area (Å²) in [5.41, 5.74) is 2.07. The van der Waals surface area contributed by atoms with Crippen molar-refractivity contribution in [2.75, 3.05) is 11.3 Å². The van der Waals surface area contributed by atoms with Crippen molar-refractivity contribution < 1.29 is 18.4 Å². The maximum absolute atomic E-state index is 12.6. The molecule has 35 heavy (non-hydrogen) atoms. The molecule has 4 N–H and O–H groups in total. The van der Waals surface area contributed by atoms with E-state index in [1.165, 1.54) is 12.1 Å². The molecule has 184 valence electrons. The number of hydrogen-bond donors (Lipinski definition) is 3. The Morgan fingerprint density at radius 2 is 2.00 bits per heavy atom. The molecular weight excluding hydrogens is 538 g/mol. The van der Waals surface area contributed by atoms with Crippen LogP contribution in [0.3, 0.4) is 0 Å². The van der Waals surface area contributed by atoms with Gasteiger partial charge in [0, 0.05) is 34.9 Å². The molecule has 1 saturated heterocycles. The molecule has 0 amide bonds. The number of phenols is 1. The van der Waals surface area contributed by atoms with Crippen LogP contribution in [-0.4, -0.2) is 40.9 Å². The molecule has 0 bridgehead atoms. The van der Waals surface area contributed by atoms with E-state index in [1.54, 1.807) is 24.5 Å². The van der Waals surface area contributed by atoms with Gasteiger partial charge in [-0.2, -0.15) is 8.42 Å². The molecule has 0 unspecified atom stereocenters. The van der Waals surface area contributed by atoms with Crippen molar-refractivity contribution in [3.63, 3.8) is 0 Å². The van der Waals surface area contributed by atoms with Crippen LogP contribution in [0.15, 0.2) is 71.5 Å². The number of halogens is 1. The van der Waals surface area contributed by atoms with Gasteiger partial charge in [0.15, 0.2) is 0 Å². The second-order valence-corrected chi connectivity index (χ2v) is 10.5. The van der Waals surface area contributed by atoms with E-state index in [4.69, 9.17) is 5.14 Å². The number of nitrogens with zero attached hydrogens (tertiary/aromatic N) is 3. The average Bonchev–Trinajstić information content (AvgIpc) is 2.80. The molecule has 1 fully saturated rings. The first kappa shape index (κ1) is 25.0. The van der Waals surface area contributed by atoms with Gasteiger partial charge in [0.2, 0.25) is 6.04 Å². The standard InChI is InChI=1S/C23H24BrN5O5S/c24-19-6-2-1-5-17(19)18-9-11-28(14-15-4-3-10-26-13-15)22(23(18)29(31)32)16-7-8-21(30)20(12-16)27-35(25,33)34/h1-8,10,12-13,18,22-23,27,30H,9,11,14H2,(H2,25,33,34)/t18-,22+,23-/m1/s1. The summed E-state index contributed by atoms with van der Waals surface area (Å²) in [5, 5.41) is 27.9. The third kappa shape index (κ3) is 5.78. The van der Waals surface area contributed by atoms with Gasteiger partial charge in [-0.25, -0.2) is 5.14 Å². The quantitative estimate of drug-likeness (QED) is 0.226. The predicted octanol–water partition coefficient (Wildman–Crippen LogP) is 3.54. The Hall–Kier alpha value is -3.06. The van der Waals surface area contributed by atoms with Crippen LogP contribution in [-0.2, 0) is 16.8 Å².